The summed E-state index contributed by atoms with van der Waals surface area (Å²) >= 11 is 13.1. The van der Waals surface area contributed by atoms with Gasteiger partial charge in [-0.25, -0.2) is 23.1 Å². The van der Waals surface area contributed by atoms with Gasteiger partial charge in [0.2, 0.25) is 16.0 Å². The molecule has 0 saturated heterocycles. The highest BCUT2D eigenvalue weighted by molar-refractivity contribution is 7.92. The second kappa shape index (κ2) is 10.6. The molecule has 1 fully saturated rings. The Balaban J connectivity index is 1.64. The molecule has 186 valence electrons. The Labute approximate surface area is 214 Å². The van der Waals surface area contributed by atoms with Crippen molar-refractivity contribution in [3.05, 3.63) is 52.5 Å². The van der Waals surface area contributed by atoms with Gasteiger partial charge in [-0.05, 0) is 30.5 Å². The molecule has 2 N–H and O–H groups in total. The van der Waals surface area contributed by atoms with Crippen molar-refractivity contribution in [1.82, 2.24) is 14.7 Å². The number of aromatic nitrogens is 2. The average Bonchev–Trinajstić information content (AvgIpc) is 2.85. The van der Waals surface area contributed by atoms with E-state index in [1.54, 1.807) is 12.3 Å². The molecule has 11 heteroatoms. The maximum absolute atomic E-state index is 12.0. The molecule has 0 unspecified atom stereocenters. The van der Waals surface area contributed by atoms with Crippen LogP contribution in [0.4, 0.5) is 5.95 Å². The second-order valence-corrected chi connectivity index (χ2v) is 10.6. The summed E-state index contributed by atoms with van der Waals surface area (Å²) in [6.45, 7) is 3.37. The molecule has 1 aliphatic carbocycles. The largest absolute Gasteiger partial charge is 0.495 e. The Hall–Kier alpha value is -2.59. The zero-order valence-electron chi connectivity index (χ0n) is 19.3. The zero-order valence-corrected chi connectivity index (χ0v) is 21.7. The van der Waals surface area contributed by atoms with Gasteiger partial charge in [0.15, 0.2) is 0 Å². The third-order valence-electron chi connectivity index (χ3n) is 6.06. The van der Waals surface area contributed by atoms with Gasteiger partial charge >= 0.3 is 0 Å². The summed E-state index contributed by atoms with van der Waals surface area (Å²) < 4.78 is 37.4. The first-order valence-corrected chi connectivity index (χ1v) is 13.3. The number of hydrogen-bond donors (Lipinski definition) is 2. The number of ether oxygens (including phenoxy) is 2. The number of rotatable bonds is 8. The van der Waals surface area contributed by atoms with E-state index < -0.39 is 10.0 Å². The Kier molecular flexibility index (Phi) is 7.70. The molecule has 0 bridgehead atoms. The molecule has 1 aromatic heterocycles. The number of sulfonamides is 1. The lowest BCUT2D eigenvalue weighted by atomic mass is 9.91. The van der Waals surface area contributed by atoms with E-state index in [0.717, 1.165) is 42.0 Å². The highest BCUT2D eigenvalue weighted by atomic mass is 35.5. The molecular weight excluding hydrogens is 511 g/mol. The molecule has 35 heavy (non-hydrogen) atoms. The molecule has 0 radical (unpaired) electrons. The van der Waals surface area contributed by atoms with Crippen molar-refractivity contribution < 1.29 is 17.9 Å². The summed E-state index contributed by atoms with van der Waals surface area (Å²) in [5.74, 6) is 1.33. The standard InChI is InChI=1S/C24H26Cl2N4O4S/c1-4-35(31,32)30-18-8-6-5-7-17(18)29-24-27-13-15-11-14(9-10-16(15)28-24)21-22(25)19(33-2)12-20(34-3)23(21)26/h4,9-13,17-18,30H,1,5-8H2,2-3H3,(H,27,28,29)/t17-,18+/m1/s1. The SMILES string of the molecule is C=CS(=O)(=O)N[C@H]1CCCC[C@H]1Nc1ncc2cc(-c3c(Cl)c(OC)cc(OC)c3Cl)ccc2n1. The van der Waals surface area contributed by atoms with E-state index in [9.17, 15) is 8.42 Å². The fraction of sp³-hybridized carbons (Fsp3) is 0.333. The van der Waals surface area contributed by atoms with Gasteiger partial charge in [-0.2, -0.15) is 0 Å². The van der Waals surface area contributed by atoms with Gasteiger partial charge in [0.1, 0.15) is 11.5 Å². The maximum atomic E-state index is 12.0. The van der Waals surface area contributed by atoms with Crippen molar-refractivity contribution in [3.63, 3.8) is 0 Å². The lowest BCUT2D eigenvalue weighted by Gasteiger charge is -2.32. The molecule has 0 amide bonds. The van der Waals surface area contributed by atoms with E-state index in [1.807, 2.05) is 18.2 Å². The van der Waals surface area contributed by atoms with Gasteiger partial charge in [-0.3, -0.25) is 0 Å². The minimum Gasteiger partial charge on any atom is -0.495 e. The van der Waals surface area contributed by atoms with Crippen LogP contribution in [0.5, 0.6) is 11.5 Å². The van der Waals surface area contributed by atoms with Crippen LogP contribution in [0.1, 0.15) is 25.7 Å². The normalized spacial score (nSPS) is 18.3. The molecule has 0 spiro atoms. The van der Waals surface area contributed by atoms with Gasteiger partial charge in [0.05, 0.1) is 29.8 Å². The third-order valence-corrected chi connectivity index (χ3v) is 7.88. The van der Waals surface area contributed by atoms with E-state index in [1.165, 1.54) is 14.2 Å². The van der Waals surface area contributed by atoms with Gasteiger partial charge in [-0.15, -0.1) is 0 Å². The molecule has 2 aromatic carbocycles. The van der Waals surface area contributed by atoms with Crippen molar-refractivity contribution in [1.29, 1.82) is 0 Å². The molecule has 1 saturated carbocycles. The molecule has 1 heterocycles. The predicted molar refractivity (Wildman–Crippen MR) is 140 cm³/mol. The van der Waals surface area contributed by atoms with Crippen LogP contribution in [0.2, 0.25) is 10.0 Å². The summed E-state index contributed by atoms with van der Waals surface area (Å²) in [6.07, 6.45) is 5.18. The summed E-state index contributed by atoms with van der Waals surface area (Å²) in [4.78, 5) is 9.10. The van der Waals surface area contributed by atoms with Crippen LogP contribution in [0, 0.1) is 0 Å². The van der Waals surface area contributed by atoms with Crippen molar-refractivity contribution in [2.45, 2.75) is 37.8 Å². The van der Waals surface area contributed by atoms with Crippen molar-refractivity contribution in [2.24, 2.45) is 0 Å². The highest BCUT2D eigenvalue weighted by Gasteiger charge is 2.28. The Morgan fingerprint density at radius 1 is 1.06 bits per heavy atom. The number of benzene rings is 2. The summed E-state index contributed by atoms with van der Waals surface area (Å²) in [5.41, 5.74) is 2.07. The number of hydrogen-bond acceptors (Lipinski definition) is 7. The van der Waals surface area contributed by atoms with Crippen LogP contribution < -0.4 is 19.5 Å². The number of nitrogens with one attached hydrogen (secondary N) is 2. The van der Waals surface area contributed by atoms with Crippen molar-refractivity contribution in [3.8, 4) is 22.6 Å². The maximum Gasteiger partial charge on any atom is 0.233 e. The van der Waals surface area contributed by atoms with Gasteiger partial charge in [0.25, 0.3) is 0 Å². The Bertz CT molecular complexity index is 1340. The first-order valence-electron chi connectivity index (χ1n) is 11.0. The van der Waals surface area contributed by atoms with Crippen LogP contribution in [-0.4, -0.2) is 44.7 Å². The van der Waals surface area contributed by atoms with Crippen molar-refractivity contribution >= 4 is 50.1 Å². The lowest BCUT2D eigenvalue weighted by Crippen LogP contribution is -2.48. The molecule has 4 rings (SSSR count). The molecule has 3 aromatic rings. The molecule has 8 nitrogen and oxygen atoms in total. The van der Waals surface area contributed by atoms with Crippen LogP contribution in [-0.2, 0) is 10.0 Å². The third kappa shape index (κ3) is 5.48. The fourth-order valence-electron chi connectivity index (χ4n) is 4.27. The number of methoxy groups -OCH3 is 2. The summed E-state index contributed by atoms with van der Waals surface area (Å²) in [5, 5.41) is 5.78. The van der Waals surface area contributed by atoms with E-state index >= 15 is 0 Å². The minimum absolute atomic E-state index is 0.128. The number of nitrogens with zero attached hydrogens (tertiary/aromatic N) is 2. The fourth-order valence-corrected chi connectivity index (χ4v) is 5.79. The molecular formula is C24H26Cl2N4O4S. The summed E-state index contributed by atoms with van der Waals surface area (Å²) in [7, 11) is -0.478. The van der Waals surface area contributed by atoms with Gasteiger partial charge in [0, 0.05) is 40.7 Å². The molecule has 2 atom stereocenters. The van der Waals surface area contributed by atoms with Crippen molar-refractivity contribution in [2.75, 3.05) is 19.5 Å². The number of anilines is 1. The molecule has 1 aliphatic rings. The zero-order chi connectivity index (χ0) is 25.2. The Morgan fingerprint density at radius 3 is 2.34 bits per heavy atom. The lowest BCUT2D eigenvalue weighted by molar-refractivity contribution is 0.378. The van der Waals surface area contributed by atoms with E-state index in [0.29, 0.717) is 38.6 Å². The number of halogens is 2. The topological polar surface area (TPSA) is 102 Å². The predicted octanol–water partition coefficient (Wildman–Crippen LogP) is 5.41. The summed E-state index contributed by atoms with van der Waals surface area (Å²) in [6, 6.07) is 6.87. The van der Waals surface area contributed by atoms with Crippen LogP contribution in [0.3, 0.4) is 0 Å². The Morgan fingerprint density at radius 2 is 1.71 bits per heavy atom. The second-order valence-electron chi connectivity index (χ2n) is 8.22. The first kappa shape index (κ1) is 25.5. The van der Waals surface area contributed by atoms with Crippen LogP contribution in [0.25, 0.3) is 22.0 Å². The van der Waals surface area contributed by atoms with E-state index in [4.69, 9.17) is 32.7 Å². The average molecular weight is 537 g/mol. The monoisotopic (exact) mass is 536 g/mol. The van der Waals surface area contributed by atoms with E-state index in [2.05, 4.69) is 26.6 Å². The minimum atomic E-state index is -3.53. The van der Waals surface area contributed by atoms with Gasteiger partial charge in [-0.1, -0.05) is 48.7 Å². The van der Waals surface area contributed by atoms with Gasteiger partial charge < -0.3 is 14.8 Å². The molecule has 0 aliphatic heterocycles. The van der Waals surface area contributed by atoms with E-state index in [-0.39, 0.29) is 12.1 Å². The van der Waals surface area contributed by atoms with Crippen LogP contribution in [0.15, 0.2) is 42.4 Å². The first-order chi connectivity index (χ1) is 16.8. The smallest absolute Gasteiger partial charge is 0.233 e. The highest BCUT2D eigenvalue weighted by Crippen LogP contribution is 2.46. The quantitative estimate of drug-likeness (QED) is 0.396. The number of fused-ring (bicyclic) bond motifs is 1. The van der Waals surface area contributed by atoms with Crippen LogP contribution >= 0.6 is 23.2 Å².